The highest BCUT2D eigenvalue weighted by Gasteiger charge is 2.36. The van der Waals surface area contributed by atoms with Crippen molar-refractivity contribution in [3.8, 4) is 0 Å². The Hall–Kier alpha value is -2.26. The highest BCUT2D eigenvalue weighted by atomic mass is 32.2. The van der Waals surface area contributed by atoms with Crippen LogP contribution in [0.25, 0.3) is 0 Å². The van der Waals surface area contributed by atoms with E-state index in [9.17, 15) is 13.2 Å². The number of nitrogens with zero attached hydrogens (tertiary/aromatic N) is 2. The van der Waals surface area contributed by atoms with E-state index in [1.54, 1.807) is 23.7 Å². The fourth-order valence-corrected chi connectivity index (χ4v) is 4.47. The number of amides is 1. The smallest absolute Gasteiger partial charge is 0.280 e. The lowest BCUT2D eigenvalue weighted by Crippen LogP contribution is -2.24. The zero-order valence-electron chi connectivity index (χ0n) is 15.1. The monoisotopic (exact) mass is 407 g/mol. The Labute approximate surface area is 162 Å². The average molecular weight is 408 g/mol. The van der Waals surface area contributed by atoms with Gasteiger partial charge in [-0.1, -0.05) is 31.1 Å². The number of anilines is 1. The van der Waals surface area contributed by atoms with Crippen LogP contribution in [-0.4, -0.2) is 36.9 Å². The fraction of sp³-hybridized carbons (Fsp3) is 0.389. The van der Waals surface area contributed by atoms with Crippen LogP contribution in [0.3, 0.4) is 0 Å². The topological polar surface area (TPSA) is 97.7 Å². The van der Waals surface area contributed by atoms with Crippen LogP contribution in [0.2, 0.25) is 0 Å². The molecule has 0 saturated heterocycles. The van der Waals surface area contributed by atoms with Crippen LogP contribution in [0.5, 0.6) is 0 Å². The molecule has 1 amide bonds. The summed E-state index contributed by atoms with van der Waals surface area (Å²) in [6.45, 7) is 4.31. The molecule has 1 N–H and O–H groups in total. The normalized spacial score (nSPS) is 15.0. The first kappa shape index (κ1) is 19.5. The molecule has 1 saturated carbocycles. The van der Waals surface area contributed by atoms with Gasteiger partial charge in [0.25, 0.3) is 5.91 Å². The molecule has 2 aromatic rings. The minimum Gasteiger partial charge on any atom is -0.395 e. The Balaban J connectivity index is 1.84. The van der Waals surface area contributed by atoms with E-state index in [4.69, 9.17) is 4.84 Å². The van der Waals surface area contributed by atoms with E-state index in [-0.39, 0.29) is 21.8 Å². The minimum atomic E-state index is -3.28. The Kier molecular flexibility index (Phi) is 5.91. The molecule has 0 atom stereocenters. The maximum absolute atomic E-state index is 12.6. The number of thiazole rings is 1. The van der Waals surface area contributed by atoms with Gasteiger partial charge in [-0.2, -0.15) is 0 Å². The first-order chi connectivity index (χ1) is 12.9. The van der Waals surface area contributed by atoms with Crippen molar-refractivity contribution in [1.29, 1.82) is 0 Å². The molecule has 1 aliphatic carbocycles. The van der Waals surface area contributed by atoms with Gasteiger partial charge in [0.1, 0.15) is 6.61 Å². The number of carbonyl (C=O) groups excluding carboxylic acids is 1. The van der Waals surface area contributed by atoms with Gasteiger partial charge >= 0.3 is 0 Å². The Morgan fingerprint density at radius 1 is 1.33 bits per heavy atom. The zero-order valence-corrected chi connectivity index (χ0v) is 16.7. The second-order valence-corrected chi connectivity index (χ2v) is 9.81. The summed E-state index contributed by atoms with van der Waals surface area (Å²) < 4.78 is 24.7. The highest BCUT2D eigenvalue weighted by Crippen LogP contribution is 2.33. The quantitative estimate of drug-likeness (QED) is 0.536. The van der Waals surface area contributed by atoms with E-state index in [1.165, 1.54) is 23.5 Å². The molecule has 144 valence electrons. The van der Waals surface area contributed by atoms with Crippen LogP contribution >= 0.6 is 11.3 Å². The van der Waals surface area contributed by atoms with Crippen molar-refractivity contribution in [2.75, 3.05) is 11.9 Å². The number of aromatic nitrogens is 1. The van der Waals surface area contributed by atoms with Crippen LogP contribution in [0.4, 0.5) is 5.13 Å². The average Bonchev–Trinajstić information content (AvgIpc) is 3.38. The molecule has 7 nitrogen and oxygen atoms in total. The van der Waals surface area contributed by atoms with Gasteiger partial charge in [0.2, 0.25) is 0 Å². The van der Waals surface area contributed by atoms with E-state index < -0.39 is 15.7 Å². The lowest BCUT2D eigenvalue weighted by molar-refractivity contribution is -0.110. The maximum atomic E-state index is 12.6. The molecule has 1 aromatic carbocycles. The number of hydrogen-bond donors (Lipinski definition) is 1. The highest BCUT2D eigenvalue weighted by molar-refractivity contribution is 7.92. The molecule has 0 bridgehead atoms. The van der Waals surface area contributed by atoms with Gasteiger partial charge in [0.05, 0.1) is 10.1 Å². The maximum Gasteiger partial charge on any atom is 0.280 e. The zero-order chi connectivity index (χ0) is 19.4. The molecule has 0 radical (unpaired) electrons. The van der Waals surface area contributed by atoms with Crippen molar-refractivity contribution >= 4 is 37.9 Å². The van der Waals surface area contributed by atoms with Gasteiger partial charge in [-0.15, -0.1) is 11.3 Å². The largest absolute Gasteiger partial charge is 0.395 e. The predicted molar refractivity (Wildman–Crippen MR) is 105 cm³/mol. The summed E-state index contributed by atoms with van der Waals surface area (Å²) in [5, 5.41) is 8.58. The minimum absolute atomic E-state index is 0.0706. The Bertz CT molecular complexity index is 916. The van der Waals surface area contributed by atoms with E-state index in [2.05, 4.69) is 15.5 Å². The predicted octanol–water partition coefficient (Wildman–Crippen LogP) is 3.09. The van der Waals surface area contributed by atoms with Gasteiger partial charge in [0, 0.05) is 17.1 Å². The molecule has 1 heterocycles. The fourth-order valence-electron chi connectivity index (χ4n) is 2.29. The second kappa shape index (κ2) is 8.18. The molecule has 3 rings (SSSR count). The van der Waals surface area contributed by atoms with Gasteiger partial charge in [0.15, 0.2) is 20.7 Å². The van der Waals surface area contributed by atoms with E-state index in [1.807, 2.05) is 13.8 Å². The first-order valence-corrected chi connectivity index (χ1v) is 11.1. The standard InChI is InChI=1S/C18H21N3O4S2/c1-12(2)11-25-21-16(17(22)20-18-19-9-10-26-18)13-3-5-14(6-4-13)27(23,24)15-7-8-15/h3-6,9-10,12,15H,7-8,11H2,1-2H3,(H,19,20,22)/b21-16+. The van der Waals surface area contributed by atoms with E-state index >= 15 is 0 Å². The summed E-state index contributed by atoms with van der Waals surface area (Å²) >= 11 is 1.29. The Morgan fingerprint density at radius 3 is 2.59 bits per heavy atom. The number of benzene rings is 1. The van der Waals surface area contributed by atoms with Crippen molar-refractivity contribution < 1.29 is 18.0 Å². The summed E-state index contributed by atoms with van der Waals surface area (Å²) in [5.41, 5.74) is 0.545. The molecule has 1 aromatic heterocycles. The number of nitrogens with one attached hydrogen (secondary N) is 1. The number of rotatable bonds is 8. The van der Waals surface area contributed by atoms with Crippen molar-refractivity contribution in [2.24, 2.45) is 11.1 Å². The second-order valence-electron chi connectivity index (χ2n) is 6.69. The van der Waals surface area contributed by atoms with Crippen LogP contribution in [0, 0.1) is 5.92 Å². The summed E-state index contributed by atoms with van der Waals surface area (Å²) in [5.74, 6) is -0.213. The SMILES string of the molecule is CC(C)CO/N=C(/C(=O)Nc1nccs1)c1ccc(S(=O)(=O)C2CC2)cc1. The Morgan fingerprint density at radius 2 is 2.04 bits per heavy atom. The van der Waals surface area contributed by atoms with Crippen molar-refractivity contribution in [2.45, 2.75) is 36.8 Å². The van der Waals surface area contributed by atoms with Gasteiger partial charge in [-0.05, 0) is 30.9 Å². The summed E-state index contributed by atoms with van der Waals surface area (Å²) in [7, 11) is -3.28. The van der Waals surface area contributed by atoms with Crippen molar-refractivity contribution in [3.63, 3.8) is 0 Å². The number of oxime groups is 1. The van der Waals surface area contributed by atoms with Crippen LogP contribution in [0.1, 0.15) is 32.3 Å². The molecule has 0 spiro atoms. The van der Waals surface area contributed by atoms with E-state index in [0.29, 0.717) is 30.1 Å². The van der Waals surface area contributed by atoms with Crippen LogP contribution in [0.15, 0.2) is 45.9 Å². The van der Waals surface area contributed by atoms with Gasteiger partial charge in [-0.25, -0.2) is 13.4 Å². The lowest BCUT2D eigenvalue weighted by atomic mass is 10.1. The lowest BCUT2D eigenvalue weighted by Gasteiger charge is -2.09. The molecule has 27 heavy (non-hydrogen) atoms. The molecule has 9 heteroatoms. The number of hydrogen-bond acceptors (Lipinski definition) is 7. The third-order valence-electron chi connectivity index (χ3n) is 3.85. The molecule has 1 aliphatic rings. The third kappa shape index (κ3) is 4.92. The van der Waals surface area contributed by atoms with Gasteiger partial charge in [-0.3, -0.25) is 10.1 Å². The summed E-state index contributed by atoms with van der Waals surface area (Å²) in [4.78, 5) is 22.2. The molecule has 0 aliphatic heterocycles. The van der Waals surface area contributed by atoms with Gasteiger partial charge < -0.3 is 4.84 Å². The van der Waals surface area contributed by atoms with Crippen molar-refractivity contribution in [3.05, 3.63) is 41.4 Å². The summed E-state index contributed by atoms with van der Waals surface area (Å²) in [6, 6.07) is 6.18. The number of carbonyl (C=O) groups is 1. The molecule has 0 unspecified atom stereocenters. The molecular formula is C18H21N3O4S2. The van der Waals surface area contributed by atoms with Crippen LogP contribution in [-0.2, 0) is 19.5 Å². The molecule has 1 fully saturated rings. The van der Waals surface area contributed by atoms with E-state index in [0.717, 1.165) is 0 Å². The summed E-state index contributed by atoms with van der Waals surface area (Å²) in [6.07, 6.45) is 3.00. The van der Waals surface area contributed by atoms with Crippen LogP contribution < -0.4 is 5.32 Å². The molecular weight excluding hydrogens is 386 g/mol. The van der Waals surface area contributed by atoms with Crippen molar-refractivity contribution in [1.82, 2.24) is 4.98 Å². The first-order valence-electron chi connectivity index (χ1n) is 8.63. The third-order valence-corrected chi connectivity index (χ3v) is 6.82. The number of sulfone groups is 1.